The lowest BCUT2D eigenvalue weighted by atomic mass is 10.1. The van der Waals surface area contributed by atoms with Gasteiger partial charge in [-0.15, -0.1) is 0 Å². The number of hydrogen-bond acceptors (Lipinski definition) is 1. The smallest absolute Gasteiger partial charge is 0.342 e. The third kappa shape index (κ3) is 3.03. The molecule has 0 radical (unpaired) electrons. The first-order valence-electron chi connectivity index (χ1n) is 5.91. The lowest BCUT2D eigenvalue weighted by Crippen LogP contribution is -2.26. The van der Waals surface area contributed by atoms with E-state index in [2.05, 4.69) is 0 Å². The summed E-state index contributed by atoms with van der Waals surface area (Å²) in [6.45, 7) is 1.22. The third-order valence-electron chi connectivity index (χ3n) is 3.10. The van der Waals surface area contributed by atoms with Crippen molar-refractivity contribution in [1.29, 1.82) is 0 Å². The Morgan fingerprint density at radius 3 is 2.67 bits per heavy atom. The van der Waals surface area contributed by atoms with E-state index >= 15 is 0 Å². The molecule has 1 saturated heterocycles. The number of carbonyl (C=O) groups excluding carboxylic acids is 1. The Kier molecular flexibility index (Phi) is 3.59. The van der Waals surface area contributed by atoms with Crippen LogP contribution >= 0.6 is 0 Å². The number of halogens is 3. The highest BCUT2D eigenvalue weighted by Crippen LogP contribution is 2.29. The van der Waals surface area contributed by atoms with E-state index in [0.29, 0.717) is 24.9 Å². The lowest BCUT2D eigenvalue weighted by molar-refractivity contribution is -0.137. The van der Waals surface area contributed by atoms with Crippen molar-refractivity contribution in [2.75, 3.05) is 13.1 Å². The van der Waals surface area contributed by atoms with E-state index in [4.69, 9.17) is 0 Å². The van der Waals surface area contributed by atoms with Gasteiger partial charge in [-0.25, -0.2) is 0 Å². The highest BCUT2D eigenvalue weighted by Gasteiger charge is 2.30. The van der Waals surface area contributed by atoms with Crippen molar-refractivity contribution in [3.63, 3.8) is 0 Å². The Bertz CT molecular complexity index is 442. The molecule has 1 aromatic carbocycles. The molecule has 1 fully saturated rings. The molecule has 2 rings (SSSR count). The predicted molar refractivity (Wildman–Crippen MR) is 61.0 cm³/mol. The van der Waals surface area contributed by atoms with Gasteiger partial charge in [0.15, 0.2) is 0 Å². The molecule has 0 saturated carbocycles. The summed E-state index contributed by atoms with van der Waals surface area (Å²) in [5, 5.41) is 0. The predicted octanol–water partition coefficient (Wildman–Crippen LogP) is 2.87. The molecule has 0 aromatic heterocycles. The van der Waals surface area contributed by atoms with Crippen LogP contribution in [0.15, 0.2) is 24.3 Å². The normalized spacial score (nSPS) is 16.4. The van der Waals surface area contributed by atoms with Crippen LogP contribution in [0.1, 0.15) is 24.0 Å². The molecule has 98 valence electrons. The number of nitrogens with zero attached hydrogens (tertiary/aromatic N) is 1. The van der Waals surface area contributed by atoms with Gasteiger partial charge in [0.05, 0.1) is 5.56 Å². The van der Waals surface area contributed by atoms with E-state index in [-0.39, 0.29) is 5.91 Å². The zero-order chi connectivity index (χ0) is 13.2. The van der Waals surface area contributed by atoms with Crippen LogP contribution in [0.25, 0.3) is 0 Å². The number of amides is 1. The summed E-state index contributed by atoms with van der Waals surface area (Å²) in [6.07, 6.45) is -2.43. The molecule has 18 heavy (non-hydrogen) atoms. The van der Waals surface area contributed by atoms with Crippen LogP contribution in [0, 0.1) is 0 Å². The Morgan fingerprint density at radius 2 is 2.06 bits per heavy atom. The third-order valence-corrected chi connectivity index (χ3v) is 3.10. The van der Waals surface area contributed by atoms with E-state index in [1.54, 1.807) is 11.0 Å². The second-order valence-electron chi connectivity index (χ2n) is 4.43. The van der Waals surface area contributed by atoms with Crippen molar-refractivity contribution in [3.05, 3.63) is 35.4 Å². The molecule has 0 atom stereocenters. The van der Waals surface area contributed by atoms with Gasteiger partial charge < -0.3 is 4.90 Å². The highest BCUT2D eigenvalue weighted by molar-refractivity contribution is 5.78. The summed E-state index contributed by atoms with van der Waals surface area (Å²) >= 11 is 0. The summed E-state index contributed by atoms with van der Waals surface area (Å²) in [4.78, 5) is 13.1. The molecular formula is C13H14F3NO. The Labute approximate surface area is 103 Å². The fourth-order valence-corrected chi connectivity index (χ4v) is 2.11. The highest BCUT2D eigenvalue weighted by atomic mass is 19.4. The quantitative estimate of drug-likeness (QED) is 0.815. The number of hydrogen-bond donors (Lipinski definition) is 0. The Morgan fingerprint density at radius 1 is 1.28 bits per heavy atom. The minimum Gasteiger partial charge on any atom is -0.342 e. The average Bonchev–Trinajstić information content (AvgIpc) is 2.72. The molecule has 0 N–H and O–H groups in total. The van der Waals surface area contributed by atoms with Crippen LogP contribution in [-0.2, 0) is 17.4 Å². The zero-order valence-corrected chi connectivity index (χ0v) is 9.83. The minimum absolute atomic E-state index is 0.0991. The zero-order valence-electron chi connectivity index (χ0n) is 9.83. The molecule has 1 aliphatic heterocycles. The fourth-order valence-electron chi connectivity index (χ4n) is 2.11. The number of alkyl halides is 3. The summed E-state index contributed by atoms with van der Waals surface area (Å²) in [5.74, 6) is 0.0991. The first-order valence-corrected chi connectivity index (χ1v) is 5.91. The van der Waals surface area contributed by atoms with Gasteiger partial charge >= 0.3 is 6.18 Å². The molecule has 2 nitrogen and oxygen atoms in total. The van der Waals surface area contributed by atoms with Gasteiger partial charge in [-0.05, 0) is 24.5 Å². The molecule has 1 heterocycles. The number of carbonyl (C=O) groups is 1. The Hall–Kier alpha value is -1.52. The maximum Gasteiger partial charge on any atom is 0.416 e. The van der Waals surface area contributed by atoms with Crippen LogP contribution < -0.4 is 0 Å². The van der Waals surface area contributed by atoms with E-state index < -0.39 is 11.7 Å². The van der Waals surface area contributed by atoms with E-state index in [1.807, 2.05) is 0 Å². The maximum atomic E-state index is 12.5. The average molecular weight is 257 g/mol. The first kappa shape index (κ1) is 12.9. The number of rotatable bonds is 3. The van der Waals surface area contributed by atoms with Gasteiger partial charge in [-0.1, -0.05) is 18.2 Å². The van der Waals surface area contributed by atoms with Gasteiger partial charge in [0.1, 0.15) is 0 Å². The van der Waals surface area contributed by atoms with Crippen molar-refractivity contribution in [2.24, 2.45) is 0 Å². The lowest BCUT2D eigenvalue weighted by Gasteiger charge is -2.15. The van der Waals surface area contributed by atoms with Crippen LogP contribution in [-0.4, -0.2) is 23.9 Å². The number of benzene rings is 1. The van der Waals surface area contributed by atoms with Gasteiger partial charge in [-0.3, -0.25) is 4.79 Å². The van der Waals surface area contributed by atoms with Crippen LogP contribution in [0.3, 0.4) is 0 Å². The molecule has 1 aliphatic rings. The van der Waals surface area contributed by atoms with Gasteiger partial charge in [0.2, 0.25) is 5.91 Å². The SMILES string of the molecule is O=C1CCCN1CCc1cccc(C(F)(F)F)c1. The van der Waals surface area contributed by atoms with Gasteiger partial charge in [0.25, 0.3) is 0 Å². The largest absolute Gasteiger partial charge is 0.416 e. The summed E-state index contributed by atoms with van der Waals surface area (Å²) in [5.41, 5.74) is -0.0164. The maximum absolute atomic E-state index is 12.5. The molecule has 0 unspecified atom stereocenters. The standard InChI is InChI=1S/C13H14F3NO/c14-13(15,16)11-4-1-3-10(9-11)6-8-17-7-2-5-12(17)18/h1,3-4,9H,2,5-8H2. The molecule has 0 bridgehead atoms. The molecule has 1 aromatic rings. The van der Waals surface area contributed by atoms with E-state index in [0.717, 1.165) is 25.1 Å². The van der Waals surface area contributed by atoms with Crippen molar-refractivity contribution < 1.29 is 18.0 Å². The topological polar surface area (TPSA) is 20.3 Å². The second-order valence-corrected chi connectivity index (χ2v) is 4.43. The van der Waals surface area contributed by atoms with Gasteiger partial charge in [0, 0.05) is 19.5 Å². The second kappa shape index (κ2) is 5.00. The minimum atomic E-state index is -4.31. The van der Waals surface area contributed by atoms with Crippen molar-refractivity contribution in [1.82, 2.24) is 4.90 Å². The molecule has 0 spiro atoms. The monoisotopic (exact) mass is 257 g/mol. The molecular weight excluding hydrogens is 243 g/mol. The van der Waals surface area contributed by atoms with Crippen molar-refractivity contribution >= 4 is 5.91 Å². The van der Waals surface area contributed by atoms with E-state index in [9.17, 15) is 18.0 Å². The van der Waals surface area contributed by atoms with Crippen LogP contribution in [0.5, 0.6) is 0 Å². The molecule has 0 aliphatic carbocycles. The summed E-state index contributed by atoms with van der Waals surface area (Å²) in [6, 6.07) is 5.28. The molecule has 1 amide bonds. The van der Waals surface area contributed by atoms with Crippen molar-refractivity contribution in [3.8, 4) is 0 Å². The summed E-state index contributed by atoms with van der Waals surface area (Å²) in [7, 11) is 0. The number of likely N-dealkylation sites (tertiary alicyclic amines) is 1. The van der Waals surface area contributed by atoms with Crippen LogP contribution in [0.4, 0.5) is 13.2 Å². The van der Waals surface area contributed by atoms with Gasteiger partial charge in [-0.2, -0.15) is 13.2 Å². The Balaban J connectivity index is 1.99. The van der Waals surface area contributed by atoms with Crippen LogP contribution in [0.2, 0.25) is 0 Å². The molecule has 5 heteroatoms. The first-order chi connectivity index (χ1) is 8.47. The van der Waals surface area contributed by atoms with Crippen molar-refractivity contribution in [2.45, 2.75) is 25.4 Å². The van der Waals surface area contributed by atoms with E-state index in [1.165, 1.54) is 6.07 Å². The summed E-state index contributed by atoms with van der Waals surface area (Å²) < 4.78 is 37.5. The fraction of sp³-hybridized carbons (Fsp3) is 0.462.